The number of halogens is 1. The second-order valence-corrected chi connectivity index (χ2v) is 4.40. The van der Waals surface area contributed by atoms with E-state index >= 15 is 0 Å². The molecule has 20 heavy (non-hydrogen) atoms. The lowest BCUT2D eigenvalue weighted by Gasteiger charge is -2.07. The molecule has 1 N–H and O–H groups in total. The second-order valence-electron chi connectivity index (χ2n) is 4.40. The van der Waals surface area contributed by atoms with Gasteiger partial charge in [0.2, 0.25) is 0 Å². The molecule has 4 heteroatoms. The standard InChI is InChI=1S/C16H10FNO2/c17-15-5-4-11(8-13(15)16(19)20)12-3-1-2-10-6-7-18-9-14(10)12/h1-9H,(H,19,20). The zero-order valence-corrected chi connectivity index (χ0v) is 10.4. The van der Waals surface area contributed by atoms with Gasteiger partial charge in [0.25, 0.3) is 0 Å². The minimum atomic E-state index is -1.28. The summed E-state index contributed by atoms with van der Waals surface area (Å²) in [7, 11) is 0. The SMILES string of the molecule is O=C(O)c1cc(-c2cccc3ccncc23)ccc1F. The van der Waals surface area contributed by atoms with E-state index in [-0.39, 0.29) is 5.56 Å². The molecule has 3 nitrogen and oxygen atoms in total. The Morgan fingerprint density at radius 1 is 1.15 bits per heavy atom. The van der Waals surface area contributed by atoms with Gasteiger partial charge in [-0.1, -0.05) is 24.3 Å². The molecule has 0 atom stereocenters. The van der Waals surface area contributed by atoms with E-state index < -0.39 is 11.8 Å². The van der Waals surface area contributed by atoms with Crippen LogP contribution in [0.3, 0.4) is 0 Å². The van der Waals surface area contributed by atoms with Gasteiger partial charge in [-0.3, -0.25) is 4.98 Å². The lowest BCUT2D eigenvalue weighted by atomic mass is 9.98. The fourth-order valence-electron chi connectivity index (χ4n) is 2.22. The molecule has 0 aliphatic rings. The average molecular weight is 267 g/mol. The smallest absolute Gasteiger partial charge is 0.338 e. The van der Waals surface area contributed by atoms with Gasteiger partial charge in [0.15, 0.2) is 0 Å². The molecule has 1 aromatic heterocycles. The van der Waals surface area contributed by atoms with Crippen LogP contribution >= 0.6 is 0 Å². The van der Waals surface area contributed by atoms with Gasteiger partial charge >= 0.3 is 5.97 Å². The summed E-state index contributed by atoms with van der Waals surface area (Å²) < 4.78 is 13.5. The molecular weight excluding hydrogens is 257 g/mol. The fraction of sp³-hybridized carbons (Fsp3) is 0. The molecule has 0 radical (unpaired) electrons. The monoisotopic (exact) mass is 267 g/mol. The number of hydrogen-bond acceptors (Lipinski definition) is 2. The van der Waals surface area contributed by atoms with Gasteiger partial charge in [-0.25, -0.2) is 9.18 Å². The molecule has 0 bridgehead atoms. The summed E-state index contributed by atoms with van der Waals surface area (Å²) >= 11 is 0. The zero-order valence-electron chi connectivity index (χ0n) is 10.4. The van der Waals surface area contributed by atoms with Crippen LogP contribution in [0.5, 0.6) is 0 Å². The molecule has 0 saturated heterocycles. The van der Waals surface area contributed by atoms with Gasteiger partial charge in [0.1, 0.15) is 5.82 Å². The Labute approximate surface area is 114 Å². The third-order valence-corrected chi connectivity index (χ3v) is 3.19. The van der Waals surface area contributed by atoms with Crippen LogP contribution in [0.15, 0.2) is 54.9 Å². The molecule has 0 saturated carbocycles. The summed E-state index contributed by atoms with van der Waals surface area (Å²) in [6, 6.07) is 11.7. The van der Waals surface area contributed by atoms with Crippen molar-refractivity contribution < 1.29 is 14.3 Å². The first-order valence-corrected chi connectivity index (χ1v) is 6.03. The predicted molar refractivity (Wildman–Crippen MR) is 74.1 cm³/mol. The fourth-order valence-corrected chi connectivity index (χ4v) is 2.22. The number of benzene rings is 2. The molecule has 0 spiro atoms. The number of nitrogens with zero attached hydrogens (tertiary/aromatic N) is 1. The van der Waals surface area contributed by atoms with E-state index in [1.165, 1.54) is 12.1 Å². The molecule has 3 aromatic rings. The predicted octanol–water partition coefficient (Wildman–Crippen LogP) is 3.74. The molecule has 0 fully saturated rings. The highest BCUT2D eigenvalue weighted by molar-refractivity contribution is 5.97. The van der Waals surface area contributed by atoms with Crippen LogP contribution in [-0.2, 0) is 0 Å². The highest BCUT2D eigenvalue weighted by Gasteiger charge is 2.12. The molecule has 0 aliphatic heterocycles. The van der Waals surface area contributed by atoms with Crippen molar-refractivity contribution >= 4 is 16.7 Å². The lowest BCUT2D eigenvalue weighted by Crippen LogP contribution is -2.00. The molecule has 0 aliphatic carbocycles. The van der Waals surface area contributed by atoms with Crippen molar-refractivity contribution in [3.8, 4) is 11.1 Å². The molecule has 98 valence electrons. The highest BCUT2D eigenvalue weighted by atomic mass is 19.1. The van der Waals surface area contributed by atoms with Crippen molar-refractivity contribution in [3.63, 3.8) is 0 Å². The molecule has 0 unspecified atom stereocenters. The molecule has 1 heterocycles. The number of fused-ring (bicyclic) bond motifs is 1. The van der Waals surface area contributed by atoms with E-state index in [0.717, 1.165) is 16.3 Å². The lowest BCUT2D eigenvalue weighted by molar-refractivity contribution is 0.0692. The average Bonchev–Trinajstić information content (AvgIpc) is 2.47. The van der Waals surface area contributed by atoms with Gasteiger partial charge in [-0.2, -0.15) is 0 Å². The van der Waals surface area contributed by atoms with Crippen LogP contribution in [-0.4, -0.2) is 16.1 Å². The topological polar surface area (TPSA) is 50.2 Å². The van der Waals surface area contributed by atoms with Crippen LogP contribution in [0.1, 0.15) is 10.4 Å². The molecule has 3 rings (SSSR count). The molecular formula is C16H10FNO2. The van der Waals surface area contributed by atoms with E-state index in [1.54, 1.807) is 18.5 Å². The normalized spacial score (nSPS) is 10.7. The number of carboxylic acid groups (broad SMARTS) is 1. The number of hydrogen-bond donors (Lipinski definition) is 1. The summed E-state index contributed by atoms with van der Waals surface area (Å²) in [5.74, 6) is -2.01. The van der Waals surface area contributed by atoms with E-state index in [4.69, 9.17) is 5.11 Å². The van der Waals surface area contributed by atoms with Crippen LogP contribution in [0.2, 0.25) is 0 Å². The molecule has 2 aromatic carbocycles. The zero-order chi connectivity index (χ0) is 14.1. The number of carbonyl (C=O) groups is 1. The number of aromatic nitrogens is 1. The van der Waals surface area contributed by atoms with Crippen LogP contribution in [0, 0.1) is 5.82 Å². The van der Waals surface area contributed by atoms with Crippen molar-refractivity contribution in [2.75, 3.05) is 0 Å². The minimum Gasteiger partial charge on any atom is -0.478 e. The minimum absolute atomic E-state index is 0.330. The van der Waals surface area contributed by atoms with Crippen LogP contribution in [0.25, 0.3) is 21.9 Å². The quantitative estimate of drug-likeness (QED) is 0.769. The Bertz CT molecular complexity index is 809. The van der Waals surface area contributed by atoms with Gasteiger partial charge in [-0.15, -0.1) is 0 Å². The maximum atomic E-state index is 13.5. The van der Waals surface area contributed by atoms with Crippen LogP contribution < -0.4 is 0 Å². The van der Waals surface area contributed by atoms with E-state index in [1.807, 2.05) is 24.3 Å². The second kappa shape index (κ2) is 4.74. The summed E-state index contributed by atoms with van der Waals surface area (Å²) in [4.78, 5) is 15.1. The third kappa shape index (κ3) is 2.01. The summed E-state index contributed by atoms with van der Waals surface area (Å²) in [6.07, 6.45) is 3.41. The first-order chi connectivity index (χ1) is 9.66. The summed E-state index contributed by atoms with van der Waals surface area (Å²) in [6.45, 7) is 0. The van der Waals surface area contributed by atoms with Gasteiger partial charge in [-0.05, 0) is 34.7 Å². The highest BCUT2D eigenvalue weighted by Crippen LogP contribution is 2.29. The molecule has 0 amide bonds. The van der Waals surface area contributed by atoms with Crippen molar-refractivity contribution in [1.29, 1.82) is 0 Å². The summed E-state index contributed by atoms with van der Waals surface area (Å²) in [5, 5.41) is 10.9. The maximum absolute atomic E-state index is 13.5. The maximum Gasteiger partial charge on any atom is 0.338 e. The third-order valence-electron chi connectivity index (χ3n) is 3.19. The van der Waals surface area contributed by atoms with Crippen molar-refractivity contribution in [1.82, 2.24) is 4.98 Å². The number of carboxylic acids is 1. The number of pyridine rings is 1. The Hall–Kier alpha value is -2.75. The number of rotatable bonds is 2. The largest absolute Gasteiger partial charge is 0.478 e. The van der Waals surface area contributed by atoms with Gasteiger partial charge in [0, 0.05) is 17.8 Å². The van der Waals surface area contributed by atoms with Crippen molar-refractivity contribution in [3.05, 3.63) is 66.2 Å². The first-order valence-electron chi connectivity index (χ1n) is 6.03. The van der Waals surface area contributed by atoms with Crippen molar-refractivity contribution in [2.24, 2.45) is 0 Å². The number of aromatic carboxylic acids is 1. The Morgan fingerprint density at radius 2 is 2.00 bits per heavy atom. The van der Waals surface area contributed by atoms with Crippen molar-refractivity contribution in [2.45, 2.75) is 0 Å². The van der Waals surface area contributed by atoms with E-state index in [9.17, 15) is 9.18 Å². The Balaban J connectivity index is 2.26. The van der Waals surface area contributed by atoms with E-state index in [0.29, 0.717) is 5.56 Å². The Kier molecular flexibility index (Phi) is 2.91. The summed E-state index contributed by atoms with van der Waals surface area (Å²) in [5.41, 5.74) is 1.16. The first kappa shape index (κ1) is 12.3. The van der Waals surface area contributed by atoms with E-state index in [2.05, 4.69) is 4.98 Å². The van der Waals surface area contributed by atoms with Crippen LogP contribution in [0.4, 0.5) is 4.39 Å². The Morgan fingerprint density at radius 3 is 2.80 bits per heavy atom. The van der Waals surface area contributed by atoms with Gasteiger partial charge in [0.05, 0.1) is 5.56 Å². The van der Waals surface area contributed by atoms with Gasteiger partial charge < -0.3 is 5.11 Å².